The van der Waals surface area contributed by atoms with Crippen LogP contribution in [0.25, 0.3) is 0 Å². The average Bonchev–Trinajstić information content (AvgIpc) is 2.54. The molecule has 0 fully saturated rings. The number of fused-ring (bicyclic) bond motifs is 1. The van der Waals surface area contributed by atoms with E-state index in [4.69, 9.17) is 4.74 Å². The number of hydrogen-bond donors (Lipinski definition) is 0. The fourth-order valence-corrected chi connectivity index (χ4v) is 2.02. The standard InChI is InChI=1S/C14H17NO3/c1-9(2)18-7-6-15-12-5-4-10(3)8-11(12)13(16)14(15)17/h4-5,8-9H,6-7H2,1-3H3. The van der Waals surface area contributed by atoms with Crippen molar-refractivity contribution in [2.45, 2.75) is 26.9 Å². The van der Waals surface area contributed by atoms with E-state index in [0.717, 1.165) is 5.56 Å². The first-order valence-corrected chi connectivity index (χ1v) is 6.09. The third-order valence-corrected chi connectivity index (χ3v) is 2.89. The van der Waals surface area contributed by atoms with Gasteiger partial charge in [-0.1, -0.05) is 11.6 Å². The molecule has 1 aliphatic rings. The summed E-state index contributed by atoms with van der Waals surface area (Å²) in [5.74, 6) is -0.874. The van der Waals surface area contributed by atoms with Crippen LogP contribution < -0.4 is 4.90 Å². The van der Waals surface area contributed by atoms with Crippen molar-refractivity contribution in [2.75, 3.05) is 18.1 Å². The Labute approximate surface area is 107 Å². The predicted molar refractivity (Wildman–Crippen MR) is 69.0 cm³/mol. The molecule has 0 atom stereocenters. The molecule has 18 heavy (non-hydrogen) atoms. The second kappa shape index (κ2) is 4.90. The van der Waals surface area contributed by atoms with Crippen LogP contribution in [0, 0.1) is 6.92 Å². The summed E-state index contributed by atoms with van der Waals surface area (Å²) in [5, 5.41) is 0. The Morgan fingerprint density at radius 2 is 2.00 bits per heavy atom. The van der Waals surface area contributed by atoms with E-state index < -0.39 is 11.7 Å². The maximum atomic E-state index is 11.9. The Morgan fingerprint density at radius 1 is 1.28 bits per heavy atom. The fourth-order valence-electron chi connectivity index (χ4n) is 2.02. The number of rotatable bonds is 4. The summed E-state index contributed by atoms with van der Waals surface area (Å²) in [7, 11) is 0. The number of amides is 1. The number of hydrogen-bond acceptors (Lipinski definition) is 3. The highest BCUT2D eigenvalue weighted by molar-refractivity contribution is 6.52. The summed E-state index contributed by atoms with van der Waals surface area (Å²) in [4.78, 5) is 25.2. The third kappa shape index (κ3) is 2.29. The minimum atomic E-state index is -0.456. The molecule has 1 aromatic rings. The number of carbonyl (C=O) groups excluding carboxylic acids is 2. The molecule has 1 aromatic carbocycles. The van der Waals surface area contributed by atoms with Crippen molar-refractivity contribution in [3.05, 3.63) is 29.3 Å². The van der Waals surface area contributed by atoms with Gasteiger partial charge in [-0.3, -0.25) is 9.59 Å². The lowest BCUT2D eigenvalue weighted by molar-refractivity contribution is -0.114. The molecular formula is C14H17NO3. The lowest BCUT2D eigenvalue weighted by Gasteiger charge is -2.17. The third-order valence-electron chi connectivity index (χ3n) is 2.89. The highest BCUT2D eigenvalue weighted by Crippen LogP contribution is 2.29. The van der Waals surface area contributed by atoms with Gasteiger partial charge in [0.25, 0.3) is 11.7 Å². The lowest BCUT2D eigenvalue weighted by Crippen LogP contribution is -2.33. The zero-order chi connectivity index (χ0) is 13.3. The highest BCUT2D eigenvalue weighted by Gasteiger charge is 2.35. The molecule has 0 aromatic heterocycles. The minimum Gasteiger partial charge on any atom is -0.377 e. The predicted octanol–water partition coefficient (Wildman–Crippen LogP) is 1.95. The smallest absolute Gasteiger partial charge is 0.299 e. The molecule has 0 unspecified atom stereocenters. The molecule has 2 rings (SSSR count). The van der Waals surface area contributed by atoms with Gasteiger partial charge in [-0.05, 0) is 32.9 Å². The molecule has 4 nitrogen and oxygen atoms in total. The molecule has 0 spiro atoms. The van der Waals surface area contributed by atoms with Gasteiger partial charge in [0.05, 0.1) is 24.0 Å². The summed E-state index contributed by atoms with van der Waals surface area (Å²) in [6.45, 7) is 6.63. The molecule has 96 valence electrons. The molecular weight excluding hydrogens is 230 g/mol. The van der Waals surface area contributed by atoms with Crippen LogP contribution in [0.5, 0.6) is 0 Å². The highest BCUT2D eigenvalue weighted by atomic mass is 16.5. The number of Topliss-reactive ketones (excluding diaryl/α,β-unsaturated/α-hetero) is 1. The number of anilines is 1. The van der Waals surface area contributed by atoms with Gasteiger partial charge in [0.15, 0.2) is 0 Å². The van der Waals surface area contributed by atoms with Crippen LogP contribution >= 0.6 is 0 Å². The van der Waals surface area contributed by atoms with E-state index in [1.807, 2.05) is 32.9 Å². The Balaban J connectivity index is 2.18. The van der Waals surface area contributed by atoms with Gasteiger partial charge >= 0.3 is 0 Å². The van der Waals surface area contributed by atoms with Crippen molar-refractivity contribution in [2.24, 2.45) is 0 Å². The first-order chi connectivity index (χ1) is 8.50. The summed E-state index contributed by atoms with van der Waals surface area (Å²) >= 11 is 0. The van der Waals surface area contributed by atoms with Crippen LogP contribution in [0.15, 0.2) is 18.2 Å². The first kappa shape index (κ1) is 12.8. The number of ether oxygens (including phenoxy) is 1. The summed E-state index contributed by atoms with van der Waals surface area (Å²) in [5.41, 5.74) is 2.18. The largest absolute Gasteiger partial charge is 0.377 e. The van der Waals surface area contributed by atoms with E-state index in [-0.39, 0.29) is 6.10 Å². The molecule has 1 heterocycles. The molecule has 0 N–H and O–H groups in total. The van der Waals surface area contributed by atoms with Gasteiger partial charge < -0.3 is 9.64 Å². The van der Waals surface area contributed by atoms with E-state index in [1.165, 1.54) is 4.90 Å². The summed E-state index contributed by atoms with van der Waals surface area (Å²) < 4.78 is 5.42. The van der Waals surface area contributed by atoms with Gasteiger partial charge in [0.2, 0.25) is 0 Å². The first-order valence-electron chi connectivity index (χ1n) is 6.09. The van der Waals surface area contributed by atoms with Crippen LogP contribution in [0.2, 0.25) is 0 Å². The zero-order valence-electron chi connectivity index (χ0n) is 10.9. The number of ketones is 1. The topological polar surface area (TPSA) is 46.6 Å². The van der Waals surface area contributed by atoms with Gasteiger partial charge in [-0.2, -0.15) is 0 Å². The summed E-state index contributed by atoms with van der Waals surface area (Å²) in [6.07, 6.45) is 0.121. The molecule has 1 aliphatic heterocycles. The second-order valence-electron chi connectivity index (χ2n) is 4.73. The average molecular weight is 247 g/mol. The van der Waals surface area contributed by atoms with Gasteiger partial charge in [-0.15, -0.1) is 0 Å². The minimum absolute atomic E-state index is 0.121. The van der Waals surface area contributed by atoms with E-state index >= 15 is 0 Å². The van der Waals surface area contributed by atoms with Crippen molar-refractivity contribution >= 4 is 17.4 Å². The van der Waals surface area contributed by atoms with E-state index in [2.05, 4.69) is 0 Å². The van der Waals surface area contributed by atoms with Crippen LogP contribution in [-0.4, -0.2) is 30.9 Å². The molecule has 4 heteroatoms. The van der Waals surface area contributed by atoms with Crippen LogP contribution in [-0.2, 0) is 9.53 Å². The van der Waals surface area contributed by atoms with Gasteiger partial charge in [0.1, 0.15) is 0 Å². The van der Waals surface area contributed by atoms with Crippen molar-refractivity contribution in [1.29, 1.82) is 0 Å². The summed E-state index contributed by atoms with van der Waals surface area (Å²) in [6, 6.07) is 5.49. The number of nitrogens with zero attached hydrogens (tertiary/aromatic N) is 1. The Hall–Kier alpha value is -1.68. The van der Waals surface area contributed by atoms with Crippen molar-refractivity contribution in [1.82, 2.24) is 0 Å². The Morgan fingerprint density at radius 3 is 2.67 bits per heavy atom. The molecule has 0 saturated carbocycles. The molecule has 1 amide bonds. The maximum absolute atomic E-state index is 11.9. The van der Waals surface area contributed by atoms with E-state index in [1.54, 1.807) is 6.07 Å². The molecule has 0 bridgehead atoms. The van der Waals surface area contributed by atoms with Crippen molar-refractivity contribution in [3.63, 3.8) is 0 Å². The van der Waals surface area contributed by atoms with E-state index in [9.17, 15) is 9.59 Å². The fraction of sp³-hybridized carbons (Fsp3) is 0.429. The Kier molecular flexibility index (Phi) is 3.48. The second-order valence-corrected chi connectivity index (χ2v) is 4.73. The maximum Gasteiger partial charge on any atom is 0.299 e. The van der Waals surface area contributed by atoms with Crippen molar-refractivity contribution < 1.29 is 14.3 Å². The molecule has 0 aliphatic carbocycles. The Bertz CT molecular complexity index is 494. The van der Waals surface area contributed by atoms with Crippen LogP contribution in [0.3, 0.4) is 0 Å². The van der Waals surface area contributed by atoms with Crippen molar-refractivity contribution in [3.8, 4) is 0 Å². The monoisotopic (exact) mass is 247 g/mol. The van der Waals surface area contributed by atoms with Crippen LogP contribution in [0.1, 0.15) is 29.8 Å². The number of benzene rings is 1. The normalized spacial score (nSPS) is 14.6. The SMILES string of the molecule is Cc1ccc2c(c1)C(=O)C(=O)N2CCOC(C)C. The van der Waals surface area contributed by atoms with Gasteiger partial charge in [0, 0.05) is 6.54 Å². The van der Waals surface area contributed by atoms with Crippen LogP contribution in [0.4, 0.5) is 5.69 Å². The quantitative estimate of drug-likeness (QED) is 0.764. The van der Waals surface area contributed by atoms with E-state index in [0.29, 0.717) is 24.4 Å². The van der Waals surface area contributed by atoms with Gasteiger partial charge in [-0.25, -0.2) is 0 Å². The number of carbonyl (C=O) groups is 2. The zero-order valence-corrected chi connectivity index (χ0v) is 10.9. The number of aryl methyl sites for hydroxylation is 1. The molecule has 0 radical (unpaired) electrons. The lowest BCUT2D eigenvalue weighted by atomic mass is 10.1. The molecule has 0 saturated heterocycles.